The third-order valence-electron chi connectivity index (χ3n) is 18.7. The Hall–Kier alpha value is -1.66. The molecule has 2 atom stereocenters. The highest BCUT2D eigenvalue weighted by Gasteiger charge is 2.18. The summed E-state index contributed by atoms with van der Waals surface area (Å²) in [7, 11) is 0. The first-order chi connectivity index (χ1) is 42.5. The number of hydrogen-bond donors (Lipinski definition) is 3. The quantitative estimate of drug-likeness (QED) is 0.0320. The fourth-order valence-electron chi connectivity index (χ4n) is 12.7. The van der Waals surface area contributed by atoms with E-state index in [9.17, 15) is 19.8 Å². The molecule has 86 heavy (non-hydrogen) atoms. The molecule has 0 aromatic rings. The highest BCUT2D eigenvalue weighted by atomic mass is 16.5. The van der Waals surface area contributed by atoms with Gasteiger partial charge in [-0.1, -0.05) is 404 Å². The van der Waals surface area contributed by atoms with Crippen LogP contribution in [-0.4, -0.2) is 47.4 Å². The van der Waals surface area contributed by atoms with Crippen LogP contribution < -0.4 is 5.32 Å². The first-order valence-corrected chi connectivity index (χ1v) is 39.6. The summed E-state index contributed by atoms with van der Waals surface area (Å²) in [5.41, 5.74) is 0. The van der Waals surface area contributed by atoms with Gasteiger partial charge in [0, 0.05) is 12.8 Å². The summed E-state index contributed by atoms with van der Waals surface area (Å²) in [5.74, 6) is -0.0427. The van der Waals surface area contributed by atoms with Gasteiger partial charge in [0.15, 0.2) is 0 Å². The molecule has 0 aliphatic carbocycles. The van der Waals surface area contributed by atoms with Crippen LogP contribution in [-0.2, 0) is 14.3 Å². The molecular weight excluding hydrogens is 1050 g/mol. The van der Waals surface area contributed by atoms with Gasteiger partial charge in [-0.25, -0.2) is 0 Å². The van der Waals surface area contributed by atoms with Crippen molar-refractivity contribution in [3.63, 3.8) is 0 Å². The second kappa shape index (κ2) is 75.8. The van der Waals surface area contributed by atoms with Crippen molar-refractivity contribution in [1.29, 1.82) is 0 Å². The van der Waals surface area contributed by atoms with Gasteiger partial charge in [-0.3, -0.25) is 9.59 Å². The number of rotatable bonds is 75. The highest BCUT2D eigenvalue weighted by molar-refractivity contribution is 5.76. The zero-order valence-electron chi connectivity index (χ0n) is 58.6. The summed E-state index contributed by atoms with van der Waals surface area (Å²) in [6.45, 7) is 4.94. The van der Waals surface area contributed by atoms with E-state index in [0.717, 1.165) is 44.9 Å². The molecule has 6 heteroatoms. The SMILES string of the molecule is CCCCCCC/C=C\CCCCCCCC(=O)OCCCCCCCCCCCCCCCCCCCCCCCCCCCCCCCCCCCCCCCC(=O)NC(CO)C(O)/C=C/CCCCCCCCCCCCCCCCCC. The van der Waals surface area contributed by atoms with Gasteiger partial charge < -0.3 is 20.3 Å². The minimum atomic E-state index is -0.841. The topological polar surface area (TPSA) is 95.9 Å². The Morgan fingerprint density at radius 1 is 0.314 bits per heavy atom. The van der Waals surface area contributed by atoms with Crippen molar-refractivity contribution in [2.45, 2.75) is 463 Å². The number of carbonyl (C=O) groups is 2. The molecule has 0 aliphatic heterocycles. The molecule has 510 valence electrons. The largest absolute Gasteiger partial charge is 0.466 e. The van der Waals surface area contributed by atoms with Gasteiger partial charge in [-0.2, -0.15) is 0 Å². The molecule has 0 spiro atoms. The minimum Gasteiger partial charge on any atom is -0.466 e. The maximum Gasteiger partial charge on any atom is 0.305 e. The average molecular weight is 1210 g/mol. The van der Waals surface area contributed by atoms with Crippen molar-refractivity contribution in [2.24, 2.45) is 0 Å². The molecule has 3 N–H and O–H groups in total. The molecule has 6 nitrogen and oxygen atoms in total. The smallest absolute Gasteiger partial charge is 0.305 e. The lowest BCUT2D eigenvalue weighted by Gasteiger charge is -2.20. The van der Waals surface area contributed by atoms with E-state index in [4.69, 9.17) is 4.74 Å². The molecule has 0 aromatic heterocycles. The summed E-state index contributed by atoms with van der Waals surface area (Å²) in [6.07, 6.45) is 97.4. The number of ether oxygens (including phenoxy) is 1. The Morgan fingerprint density at radius 2 is 0.547 bits per heavy atom. The van der Waals surface area contributed by atoms with Crippen molar-refractivity contribution < 1.29 is 24.5 Å². The predicted molar refractivity (Wildman–Crippen MR) is 380 cm³/mol. The molecule has 0 rings (SSSR count). The molecule has 0 saturated heterocycles. The van der Waals surface area contributed by atoms with Gasteiger partial charge in [-0.15, -0.1) is 0 Å². The van der Waals surface area contributed by atoms with E-state index in [1.54, 1.807) is 6.08 Å². The Labute approximate surface area is 539 Å². The van der Waals surface area contributed by atoms with E-state index in [-0.39, 0.29) is 18.5 Å². The standard InChI is InChI=1S/C80H155NO5/c1-3-5-7-9-11-13-15-17-19-20-42-45-48-52-56-60-64-68-72-78(83)77(76-82)81-79(84)73-69-65-61-57-53-49-46-43-40-38-36-34-32-30-28-26-24-22-21-23-25-27-29-31-33-35-37-39-41-44-47-51-55-59-63-67-71-75-86-80(85)74-70-66-62-58-54-50-18-16-14-12-10-8-6-4-2/h16,18,68,72,77-78,82-83H,3-15,17,19-67,69-71,73-76H2,1-2H3,(H,81,84)/b18-16-,72-68+. The van der Waals surface area contributed by atoms with Crippen LogP contribution in [0.3, 0.4) is 0 Å². The van der Waals surface area contributed by atoms with Crippen LogP contribution in [0.15, 0.2) is 24.3 Å². The monoisotopic (exact) mass is 1210 g/mol. The van der Waals surface area contributed by atoms with E-state index in [1.165, 1.54) is 379 Å². The van der Waals surface area contributed by atoms with Crippen molar-refractivity contribution >= 4 is 11.9 Å². The normalized spacial score (nSPS) is 12.6. The maximum absolute atomic E-state index is 12.5. The fraction of sp³-hybridized carbons (Fsp3) is 0.925. The molecule has 0 fully saturated rings. The van der Waals surface area contributed by atoms with Crippen molar-refractivity contribution in [2.75, 3.05) is 13.2 Å². The van der Waals surface area contributed by atoms with Gasteiger partial charge in [0.1, 0.15) is 0 Å². The van der Waals surface area contributed by atoms with Crippen LogP contribution in [0, 0.1) is 0 Å². The van der Waals surface area contributed by atoms with Crippen LogP contribution >= 0.6 is 0 Å². The van der Waals surface area contributed by atoms with E-state index < -0.39 is 12.1 Å². The van der Waals surface area contributed by atoms with Gasteiger partial charge in [0.05, 0.1) is 25.4 Å². The summed E-state index contributed by atoms with van der Waals surface area (Å²) in [6, 6.07) is -0.624. The second-order valence-corrected chi connectivity index (χ2v) is 27.4. The Bertz CT molecular complexity index is 1350. The molecule has 0 radical (unpaired) electrons. The van der Waals surface area contributed by atoms with Crippen molar-refractivity contribution in [3.05, 3.63) is 24.3 Å². The minimum absolute atomic E-state index is 0.0154. The van der Waals surface area contributed by atoms with Crippen molar-refractivity contribution in [1.82, 2.24) is 5.32 Å². The zero-order chi connectivity index (χ0) is 62.0. The molecule has 0 aliphatic rings. The molecule has 0 bridgehead atoms. The van der Waals surface area contributed by atoms with Gasteiger partial charge in [-0.05, 0) is 57.8 Å². The number of nitrogens with one attached hydrogen (secondary N) is 1. The Morgan fingerprint density at radius 3 is 0.826 bits per heavy atom. The summed E-state index contributed by atoms with van der Waals surface area (Å²) in [5, 5.41) is 23.2. The van der Waals surface area contributed by atoms with Crippen LogP contribution in [0.5, 0.6) is 0 Å². The van der Waals surface area contributed by atoms with Crippen LogP contribution in [0.2, 0.25) is 0 Å². The molecule has 0 saturated carbocycles. The van der Waals surface area contributed by atoms with Crippen LogP contribution in [0.1, 0.15) is 450 Å². The molecular formula is C80H155NO5. The Balaban J connectivity index is 3.31. The molecule has 0 heterocycles. The van der Waals surface area contributed by atoms with Gasteiger partial charge >= 0.3 is 5.97 Å². The average Bonchev–Trinajstić information content (AvgIpc) is 3.55. The van der Waals surface area contributed by atoms with E-state index >= 15 is 0 Å². The number of esters is 1. The first kappa shape index (κ1) is 84.3. The van der Waals surface area contributed by atoms with Crippen molar-refractivity contribution in [3.8, 4) is 0 Å². The van der Waals surface area contributed by atoms with Crippen LogP contribution in [0.4, 0.5) is 0 Å². The highest BCUT2D eigenvalue weighted by Crippen LogP contribution is 2.20. The van der Waals surface area contributed by atoms with E-state index in [0.29, 0.717) is 19.4 Å². The summed E-state index contributed by atoms with van der Waals surface area (Å²) >= 11 is 0. The number of aliphatic hydroxyl groups excluding tert-OH is 2. The lowest BCUT2D eigenvalue weighted by atomic mass is 10.0. The predicted octanol–water partition coefficient (Wildman–Crippen LogP) is 26.0. The Kier molecular flexibility index (Phi) is 74.3. The number of aliphatic hydroxyl groups is 2. The number of carbonyl (C=O) groups excluding carboxylic acids is 2. The van der Waals surface area contributed by atoms with Crippen LogP contribution in [0.25, 0.3) is 0 Å². The lowest BCUT2D eigenvalue weighted by Crippen LogP contribution is -2.45. The number of hydrogen-bond acceptors (Lipinski definition) is 5. The number of unbranched alkanes of at least 4 members (excludes halogenated alkanes) is 62. The summed E-state index contributed by atoms with van der Waals surface area (Å²) in [4.78, 5) is 24.6. The molecule has 0 aromatic carbocycles. The van der Waals surface area contributed by atoms with E-state index in [2.05, 4.69) is 31.3 Å². The third-order valence-corrected chi connectivity index (χ3v) is 18.7. The molecule has 1 amide bonds. The van der Waals surface area contributed by atoms with Gasteiger partial charge in [0.2, 0.25) is 5.91 Å². The number of allylic oxidation sites excluding steroid dienone is 3. The third kappa shape index (κ3) is 71.4. The fourth-order valence-corrected chi connectivity index (χ4v) is 12.7. The molecule has 2 unspecified atom stereocenters. The van der Waals surface area contributed by atoms with Gasteiger partial charge in [0.25, 0.3) is 0 Å². The number of amides is 1. The maximum atomic E-state index is 12.5. The lowest BCUT2D eigenvalue weighted by molar-refractivity contribution is -0.143. The van der Waals surface area contributed by atoms with E-state index in [1.807, 2.05) is 6.08 Å². The summed E-state index contributed by atoms with van der Waals surface area (Å²) < 4.78 is 5.49. The first-order valence-electron chi connectivity index (χ1n) is 39.6. The second-order valence-electron chi connectivity index (χ2n) is 27.4. The zero-order valence-corrected chi connectivity index (χ0v) is 58.6.